The van der Waals surface area contributed by atoms with E-state index in [0.717, 1.165) is 36.2 Å². The van der Waals surface area contributed by atoms with Crippen molar-refractivity contribution < 1.29 is 9.18 Å². The fourth-order valence-corrected chi connectivity index (χ4v) is 4.17. The molecule has 5 heteroatoms. The number of ketones is 1. The molecule has 2 aromatic rings. The Hall–Kier alpha value is -1.94. The first-order valence-corrected chi connectivity index (χ1v) is 8.18. The Bertz CT molecular complexity index is 821. The number of Topliss-reactive ketones (excluding diaryl/α,β-unsaturated/α-hetero) is 1. The molecule has 0 spiro atoms. The molecule has 1 saturated carbocycles. The van der Waals surface area contributed by atoms with Gasteiger partial charge in [0.15, 0.2) is 5.78 Å². The number of fused-ring (bicyclic) bond motifs is 5. The molecule has 1 N–H and O–H groups in total. The highest BCUT2D eigenvalue weighted by atomic mass is 35.5. The molecule has 2 unspecified atom stereocenters. The Balaban J connectivity index is 1.78. The first-order chi connectivity index (χ1) is 11.0. The van der Waals surface area contributed by atoms with Crippen LogP contribution in [0, 0.1) is 5.82 Å². The highest BCUT2D eigenvalue weighted by molar-refractivity contribution is 6.31. The molecule has 118 valence electrons. The molecule has 3 nitrogen and oxygen atoms in total. The number of benzene rings is 1. The zero-order valence-electron chi connectivity index (χ0n) is 12.7. The quantitative estimate of drug-likeness (QED) is 0.788. The number of nitrogens with zero attached hydrogens (tertiary/aromatic N) is 1. The molecule has 2 atom stereocenters. The maximum absolute atomic E-state index is 13.3. The van der Waals surface area contributed by atoms with E-state index < -0.39 is 5.82 Å². The zero-order valence-corrected chi connectivity index (χ0v) is 13.5. The summed E-state index contributed by atoms with van der Waals surface area (Å²) < 4.78 is 13.3. The van der Waals surface area contributed by atoms with Crippen LogP contribution < -0.4 is 5.32 Å². The fourth-order valence-electron chi connectivity index (χ4n) is 3.99. The van der Waals surface area contributed by atoms with E-state index >= 15 is 0 Å². The Labute approximate surface area is 138 Å². The fraction of sp³-hybridized carbons (Fsp3) is 0.333. The predicted molar refractivity (Wildman–Crippen MR) is 88.3 cm³/mol. The summed E-state index contributed by atoms with van der Waals surface area (Å²) in [5.41, 5.74) is 3.77. The Kier molecular flexibility index (Phi) is 3.38. The van der Waals surface area contributed by atoms with Crippen LogP contribution in [0.1, 0.15) is 59.5 Å². The third-order valence-corrected chi connectivity index (χ3v) is 5.26. The van der Waals surface area contributed by atoms with E-state index in [0.29, 0.717) is 17.5 Å². The summed E-state index contributed by atoms with van der Waals surface area (Å²) in [4.78, 5) is 16.4. The molecule has 2 bridgehead atoms. The third-order valence-electron chi connectivity index (χ3n) is 4.97. The van der Waals surface area contributed by atoms with Gasteiger partial charge in [0.05, 0.1) is 5.02 Å². The smallest absolute Gasteiger partial charge is 0.161 e. The summed E-state index contributed by atoms with van der Waals surface area (Å²) >= 11 is 5.85. The number of pyridine rings is 1. The normalized spacial score (nSPS) is 21.3. The molecule has 2 aliphatic rings. The van der Waals surface area contributed by atoms with Gasteiger partial charge in [-0.05, 0) is 61.8 Å². The number of aromatic nitrogens is 1. The average molecular weight is 331 g/mol. The minimum Gasteiger partial charge on any atom is -0.340 e. The number of rotatable bonds is 3. The van der Waals surface area contributed by atoms with Gasteiger partial charge in [-0.2, -0.15) is 0 Å². The van der Waals surface area contributed by atoms with Crippen LogP contribution >= 0.6 is 11.6 Å². The van der Waals surface area contributed by atoms with Gasteiger partial charge in [-0.3, -0.25) is 4.79 Å². The van der Waals surface area contributed by atoms with Crippen LogP contribution in [0.4, 0.5) is 15.9 Å². The minimum absolute atomic E-state index is 0.0673. The van der Waals surface area contributed by atoms with Crippen LogP contribution in [0.5, 0.6) is 0 Å². The predicted octanol–water partition coefficient (Wildman–Crippen LogP) is 5.19. The van der Waals surface area contributed by atoms with Crippen LogP contribution in [-0.2, 0) is 0 Å². The van der Waals surface area contributed by atoms with Gasteiger partial charge in [-0.1, -0.05) is 11.6 Å². The minimum atomic E-state index is -0.443. The van der Waals surface area contributed by atoms with E-state index in [1.807, 2.05) is 0 Å². The molecule has 0 amide bonds. The van der Waals surface area contributed by atoms with Crippen LogP contribution in [0.2, 0.25) is 5.02 Å². The van der Waals surface area contributed by atoms with Crippen LogP contribution in [-0.4, -0.2) is 10.8 Å². The molecule has 23 heavy (non-hydrogen) atoms. The number of hydrogen-bond donors (Lipinski definition) is 1. The SMILES string of the molecule is CC(=O)c1cnc(Nc2ccc(F)c(Cl)c2)c2c1C1CCC2C1. The van der Waals surface area contributed by atoms with Gasteiger partial charge in [0.25, 0.3) is 0 Å². The summed E-state index contributed by atoms with van der Waals surface area (Å²) in [5.74, 6) is 1.31. The number of halogens is 2. The van der Waals surface area contributed by atoms with Gasteiger partial charge in [0.2, 0.25) is 0 Å². The summed E-state index contributed by atoms with van der Waals surface area (Å²) in [6.45, 7) is 1.59. The lowest BCUT2D eigenvalue weighted by atomic mass is 9.88. The second-order valence-corrected chi connectivity index (χ2v) is 6.77. The lowest BCUT2D eigenvalue weighted by Gasteiger charge is -2.21. The van der Waals surface area contributed by atoms with Crippen LogP contribution in [0.3, 0.4) is 0 Å². The van der Waals surface area contributed by atoms with Crippen LogP contribution in [0.15, 0.2) is 24.4 Å². The molecular formula is C18H16ClFN2O. The zero-order chi connectivity index (χ0) is 16.1. The van der Waals surface area contributed by atoms with Crippen molar-refractivity contribution in [2.75, 3.05) is 5.32 Å². The van der Waals surface area contributed by atoms with Gasteiger partial charge in [-0.25, -0.2) is 9.37 Å². The molecule has 0 radical (unpaired) electrons. The van der Waals surface area contributed by atoms with Crippen LogP contribution in [0.25, 0.3) is 0 Å². The maximum Gasteiger partial charge on any atom is 0.161 e. The van der Waals surface area contributed by atoms with Gasteiger partial charge in [-0.15, -0.1) is 0 Å². The van der Waals surface area contributed by atoms with Crippen molar-refractivity contribution in [1.29, 1.82) is 0 Å². The molecule has 1 aromatic heterocycles. The highest BCUT2D eigenvalue weighted by Crippen LogP contribution is 2.56. The molecule has 1 fully saturated rings. The Morgan fingerprint density at radius 2 is 2.04 bits per heavy atom. The summed E-state index contributed by atoms with van der Waals surface area (Å²) in [7, 11) is 0. The largest absolute Gasteiger partial charge is 0.340 e. The molecule has 0 saturated heterocycles. The Morgan fingerprint density at radius 1 is 1.30 bits per heavy atom. The molecule has 4 rings (SSSR count). The lowest BCUT2D eigenvalue weighted by Crippen LogP contribution is -2.10. The second-order valence-electron chi connectivity index (χ2n) is 6.36. The number of anilines is 2. The summed E-state index contributed by atoms with van der Waals surface area (Å²) in [6.07, 6.45) is 5.04. The topological polar surface area (TPSA) is 42.0 Å². The number of nitrogens with one attached hydrogen (secondary N) is 1. The van der Waals surface area contributed by atoms with Gasteiger partial charge < -0.3 is 5.32 Å². The molecule has 1 heterocycles. The molecule has 2 aliphatic carbocycles. The van der Waals surface area contributed by atoms with Crippen molar-refractivity contribution >= 4 is 28.9 Å². The van der Waals surface area contributed by atoms with Crippen molar-refractivity contribution in [3.8, 4) is 0 Å². The first-order valence-electron chi connectivity index (χ1n) is 7.80. The molecular weight excluding hydrogens is 315 g/mol. The van der Waals surface area contributed by atoms with Crippen molar-refractivity contribution in [1.82, 2.24) is 4.98 Å². The standard InChI is InChI=1S/C18H16ClFN2O/c1-9(23)13-8-21-18(17-11-3-2-10(6-11)16(13)17)22-12-4-5-15(20)14(19)7-12/h4-5,7-8,10-11H,2-3,6H2,1H3,(H,21,22). The number of carbonyl (C=O) groups excluding carboxylic acids is 1. The number of carbonyl (C=O) groups is 1. The maximum atomic E-state index is 13.3. The van der Waals surface area contributed by atoms with Gasteiger partial charge in [0, 0.05) is 23.0 Å². The Morgan fingerprint density at radius 3 is 2.74 bits per heavy atom. The monoisotopic (exact) mass is 330 g/mol. The van der Waals surface area contributed by atoms with Crippen molar-refractivity contribution in [3.05, 3.63) is 51.9 Å². The van der Waals surface area contributed by atoms with Crippen molar-refractivity contribution in [2.24, 2.45) is 0 Å². The van der Waals surface area contributed by atoms with E-state index in [1.165, 1.54) is 11.6 Å². The lowest BCUT2D eigenvalue weighted by molar-refractivity contribution is 0.101. The third kappa shape index (κ3) is 2.32. The van der Waals surface area contributed by atoms with E-state index in [4.69, 9.17) is 11.6 Å². The van der Waals surface area contributed by atoms with E-state index in [9.17, 15) is 9.18 Å². The van der Waals surface area contributed by atoms with E-state index in [-0.39, 0.29) is 10.8 Å². The molecule has 1 aromatic carbocycles. The highest BCUT2D eigenvalue weighted by Gasteiger charge is 2.41. The first kappa shape index (κ1) is 14.6. The van der Waals surface area contributed by atoms with Gasteiger partial charge in [0.1, 0.15) is 11.6 Å². The summed E-state index contributed by atoms with van der Waals surface area (Å²) in [6, 6.07) is 4.53. The summed E-state index contributed by atoms with van der Waals surface area (Å²) in [5, 5.41) is 3.33. The average Bonchev–Trinajstić information content (AvgIpc) is 3.13. The van der Waals surface area contributed by atoms with E-state index in [1.54, 1.807) is 25.3 Å². The molecule has 0 aliphatic heterocycles. The number of hydrogen-bond acceptors (Lipinski definition) is 3. The van der Waals surface area contributed by atoms with Crippen molar-refractivity contribution in [2.45, 2.75) is 38.0 Å². The van der Waals surface area contributed by atoms with Crippen molar-refractivity contribution in [3.63, 3.8) is 0 Å². The van der Waals surface area contributed by atoms with E-state index in [2.05, 4.69) is 10.3 Å². The van der Waals surface area contributed by atoms with Gasteiger partial charge >= 0.3 is 0 Å². The second kappa shape index (κ2) is 5.31.